The third kappa shape index (κ3) is 0.885. The predicted molar refractivity (Wildman–Crippen MR) is 36.1 cm³/mol. The van der Waals surface area contributed by atoms with Gasteiger partial charge in [-0.3, -0.25) is 5.32 Å². The topological polar surface area (TPSA) is 30.5 Å². The summed E-state index contributed by atoms with van der Waals surface area (Å²) in [5.74, 6) is 0.883. The number of allylic oxidation sites excluding steroid dienone is 2. The van der Waals surface area contributed by atoms with E-state index in [4.69, 9.17) is 9.47 Å². The zero-order valence-electron chi connectivity index (χ0n) is 5.54. The van der Waals surface area contributed by atoms with Crippen LogP contribution in [0.2, 0.25) is 0 Å². The Kier molecular flexibility index (Phi) is 1.36. The van der Waals surface area contributed by atoms with Crippen molar-refractivity contribution in [3.8, 4) is 0 Å². The molecule has 10 heavy (non-hydrogen) atoms. The van der Waals surface area contributed by atoms with Gasteiger partial charge < -0.3 is 9.47 Å². The second-order valence-electron chi connectivity index (χ2n) is 2.22. The van der Waals surface area contributed by atoms with E-state index in [-0.39, 0.29) is 6.23 Å². The van der Waals surface area contributed by atoms with Gasteiger partial charge in [0, 0.05) is 6.54 Å². The van der Waals surface area contributed by atoms with Gasteiger partial charge in [0.1, 0.15) is 6.61 Å². The van der Waals surface area contributed by atoms with Gasteiger partial charge >= 0.3 is 0 Å². The minimum Gasteiger partial charge on any atom is -0.491 e. The van der Waals surface area contributed by atoms with Crippen molar-refractivity contribution in [3.05, 3.63) is 24.2 Å². The first kappa shape index (κ1) is 5.80. The Hall–Kier alpha value is -0.960. The molecule has 0 aliphatic carbocycles. The van der Waals surface area contributed by atoms with Gasteiger partial charge in [-0.15, -0.1) is 0 Å². The van der Waals surface area contributed by atoms with Crippen LogP contribution in [0.1, 0.15) is 0 Å². The highest BCUT2D eigenvalue weighted by Gasteiger charge is 2.20. The molecule has 54 valence electrons. The molecule has 0 spiro atoms. The maximum atomic E-state index is 5.30. The first-order chi connectivity index (χ1) is 4.97. The zero-order valence-corrected chi connectivity index (χ0v) is 5.54. The van der Waals surface area contributed by atoms with E-state index in [1.54, 1.807) is 6.26 Å². The maximum absolute atomic E-state index is 5.30. The molecule has 0 aromatic carbocycles. The molecule has 1 N–H and O–H groups in total. The van der Waals surface area contributed by atoms with E-state index in [2.05, 4.69) is 5.32 Å². The number of rotatable bonds is 0. The van der Waals surface area contributed by atoms with Crippen molar-refractivity contribution < 1.29 is 9.47 Å². The summed E-state index contributed by atoms with van der Waals surface area (Å²) in [7, 11) is 0. The predicted octanol–water partition coefficient (Wildman–Crippen LogP) is 0.360. The number of fused-ring (bicyclic) bond motifs is 1. The van der Waals surface area contributed by atoms with Gasteiger partial charge in [-0.25, -0.2) is 0 Å². The fourth-order valence-corrected chi connectivity index (χ4v) is 1.04. The standard InChI is InChI=1S/C7H9NO2/c1-2-6-7(10-4-1)8-3-5-9-6/h1-2,4,7-8H,3,5H2. The molecular formula is C7H9NO2. The molecule has 3 nitrogen and oxygen atoms in total. The minimum absolute atomic E-state index is 0.0428. The molecule has 0 aromatic rings. The van der Waals surface area contributed by atoms with Gasteiger partial charge in [-0.2, -0.15) is 0 Å². The molecule has 0 saturated carbocycles. The lowest BCUT2D eigenvalue weighted by atomic mass is 10.3. The van der Waals surface area contributed by atoms with Gasteiger partial charge in [0.15, 0.2) is 5.76 Å². The van der Waals surface area contributed by atoms with Crippen LogP contribution in [-0.2, 0) is 9.47 Å². The second-order valence-corrected chi connectivity index (χ2v) is 2.22. The maximum Gasteiger partial charge on any atom is 0.207 e. The normalized spacial score (nSPS) is 29.6. The Balaban J connectivity index is 2.14. The average Bonchev–Trinajstić information content (AvgIpc) is 2.05. The first-order valence-electron chi connectivity index (χ1n) is 3.35. The Bertz CT molecular complexity index is 186. The number of hydrogen-bond donors (Lipinski definition) is 1. The van der Waals surface area contributed by atoms with E-state index >= 15 is 0 Å². The largest absolute Gasteiger partial charge is 0.491 e. The molecule has 2 aliphatic rings. The molecule has 2 aliphatic heterocycles. The summed E-state index contributed by atoms with van der Waals surface area (Å²) in [6.07, 6.45) is 5.37. The Morgan fingerprint density at radius 1 is 1.60 bits per heavy atom. The highest BCUT2D eigenvalue weighted by Crippen LogP contribution is 2.13. The molecular weight excluding hydrogens is 130 g/mol. The smallest absolute Gasteiger partial charge is 0.207 e. The van der Waals surface area contributed by atoms with Crippen LogP contribution in [0.5, 0.6) is 0 Å². The fraction of sp³-hybridized carbons (Fsp3) is 0.429. The molecule has 0 amide bonds. The average molecular weight is 139 g/mol. The summed E-state index contributed by atoms with van der Waals surface area (Å²) in [6, 6.07) is 0. The molecule has 0 bridgehead atoms. The third-order valence-corrected chi connectivity index (χ3v) is 1.51. The van der Waals surface area contributed by atoms with Gasteiger partial charge in [-0.1, -0.05) is 0 Å². The summed E-state index contributed by atoms with van der Waals surface area (Å²) in [6.45, 7) is 1.59. The number of ether oxygens (including phenoxy) is 2. The van der Waals surface area contributed by atoms with Crippen molar-refractivity contribution in [2.75, 3.05) is 13.2 Å². The lowest BCUT2D eigenvalue weighted by Gasteiger charge is -2.27. The van der Waals surface area contributed by atoms with Crippen molar-refractivity contribution in [2.45, 2.75) is 6.23 Å². The molecule has 0 aromatic heterocycles. The summed E-state index contributed by atoms with van der Waals surface area (Å²) in [5.41, 5.74) is 0. The van der Waals surface area contributed by atoms with Crippen LogP contribution in [0.4, 0.5) is 0 Å². The second kappa shape index (κ2) is 2.34. The lowest BCUT2D eigenvalue weighted by molar-refractivity contribution is 0.0282. The highest BCUT2D eigenvalue weighted by atomic mass is 16.5. The van der Waals surface area contributed by atoms with Crippen LogP contribution in [0.3, 0.4) is 0 Å². The van der Waals surface area contributed by atoms with Crippen molar-refractivity contribution in [2.24, 2.45) is 0 Å². The molecule has 2 heterocycles. The van der Waals surface area contributed by atoms with Crippen LogP contribution in [-0.4, -0.2) is 19.4 Å². The van der Waals surface area contributed by atoms with Crippen LogP contribution in [0, 0.1) is 0 Å². The van der Waals surface area contributed by atoms with E-state index in [9.17, 15) is 0 Å². The molecule has 0 radical (unpaired) electrons. The molecule has 2 rings (SSSR count). The van der Waals surface area contributed by atoms with E-state index in [1.165, 1.54) is 0 Å². The first-order valence-corrected chi connectivity index (χ1v) is 3.35. The van der Waals surface area contributed by atoms with Crippen LogP contribution >= 0.6 is 0 Å². The molecule has 1 unspecified atom stereocenters. The molecule has 3 heteroatoms. The SMILES string of the molecule is C1=COC2NCCOC2=C1. The molecule has 1 fully saturated rings. The van der Waals surface area contributed by atoms with Crippen LogP contribution in [0.25, 0.3) is 0 Å². The Morgan fingerprint density at radius 2 is 2.60 bits per heavy atom. The van der Waals surface area contributed by atoms with E-state index in [0.717, 1.165) is 18.9 Å². The lowest BCUT2D eigenvalue weighted by Crippen LogP contribution is -2.41. The van der Waals surface area contributed by atoms with Crippen molar-refractivity contribution in [3.63, 3.8) is 0 Å². The summed E-state index contributed by atoms with van der Waals surface area (Å²) in [4.78, 5) is 0. The summed E-state index contributed by atoms with van der Waals surface area (Å²) in [5, 5.41) is 3.15. The number of nitrogens with one attached hydrogen (secondary N) is 1. The van der Waals surface area contributed by atoms with Gasteiger partial charge in [0.05, 0.1) is 6.26 Å². The van der Waals surface area contributed by atoms with Crippen molar-refractivity contribution in [1.82, 2.24) is 5.32 Å². The van der Waals surface area contributed by atoms with E-state index < -0.39 is 0 Å². The number of morpholine rings is 1. The quantitative estimate of drug-likeness (QED) is 0.525. The van der Waals surface area contributed by atoms with Crippen molar-refractivity contribution in [1.29, 1.82) is 0 Å². The Morgan fingerprint density at radius 3 is 3.50 bits per heavy atom. The fourth-order valence-electron chi connectivity index (χ4n) is 1.04. The minimum atomic E-state index is -0.0428. The monoisotopic (exact) mass is 139 g/mol. The Labute approximate surface area is 59.3 Å². The summed E-state index contributed by atoms with van der Waals surface area (Å²) >= 11 is 0. The highest BCUT2D eigenvalue weighted by molar-refractivity contribution is 5.14. The number of hydrogen-bond acceptors (Lipinski definition) is 3. The van der Waals surface area contributed by atoms with Crippen LogP contribution < -0.4 is 5.32 Å². The zero-order chi connectivity index (χ0) is 6.81. The van der Waals surface area contributed by atoms with Gasteiger partial charge in [-0.05, 0) is 12.2 Å². The molecule has 1 saturated heterocycles. The van der Waals surface area contributed by atoms with E-state index in [1.807, 2.05) is 12.2 Å². The van der Waals surface area contributed by atoms with Gasteiger partial charge in [0.2, 0.25) is 6.23 Å². The van der Waals surface area contributed by atoms with Crippen molar-refractivity contribution >= 4 is 0 Å². The summed E-state index contributed by atoms with van der Waals surface area (Å²) < 4.78 is 10.5. The third-order valence-electron chi connectivity index (χ3n) is 1.51. The van der Waals surface area contributed by atoms with E-state index in [0.29, 0.717) is 0 Å². The van der Waals surface area contributed by atoms with Gasteiger partial charge in [0.25, 0.3) is 0 Å². The molecule has 1 atom stereocenters. The van der Waals surface area contributed by atoms with Crippen LogP contribution in [0.15, 0.2) is 24.2 Å².